The highest BCUT2D eigenvalue weighted by atomic mass is 35.5. The van der Waals surface area contributed by atoms with E-state index in [9.17, 15) is 9.59 Å². The third-order valence-corrected chi connectivity index (χ3v) is 6.27. The number of halogens is 1. The number of hydrogen-bond donors (Lipinski definition) is 1. The lowest BCUT2D eigenvalue weighted by Crippen LogP contribution is -2.27. The number of anilines is 2. The molecule has 1 saturated heterocycles. The Kier molecular flexibility index (Phi) is 5.60. The molecular formula is C23H19ClN2O2S. The number of rotatable bonds is 4. The molecule has 6 heteroatoms. The standard InChI is InChI=1S/C23H19ClN2O2S/c1-15-9-11-18(12-10-15)26-21(27)14-29-23(26)16-5-4-6-17(13-16)25-22(28)19-7-2-3-8-20(19)24/h2-13,23H,14H2,1H3,(H,25,28)/t23-/m1/s1. The van der Waals surface area contributed by atoms with Crippen LogP contribution < -0.4 is 10.2 Å². The highest BCUT2D eigenvalue weighted by Gasteiger charge is 2.34. The van der Waals surface area contributed by atoms with E-state index in [0.717, 1.165) is 16.8 Å². The van der Waals surface area contributed by atoms with Crippen molar-refractivity contribution in [3.8, 4) is 0 Å². The Morgan fingerprint density at radius 3 is 2.59 bits per heavy atom. The normalized spacial score (nSPS) is 16.1. The van der Waals surface area contributed by atoms with Gasteiger partial charge in [0.2, 0.25) is 5.91 Å². The Morgan fingerprint density at radius 1 is 1.07 bits per heavy atom. The highest BCUT2D eigenvalue weighted by Crippen LogP contribution is 2.42. The van der Waals surface area contributed by atoms with Crippen molar-refractivity contribution in [2.75, 3.05) is 16.0 Å². The molecule has 1 fully saturated rings. The van der Waals surface area contributed by atoms with E-state index in [1.165, 1.54) is 0 Å². The number of carbonyl (C=O) groups is 2. The van der Waals surface area contributed by atoms with Gasteiger partial charge < -0.3 is 5.32 Å². The molecule has 0 bridgehead atoms. The highest BCUT2D eigenvalue weighted by molar-refractivity contribution is 8.00. The second kappa shape index (κ2) is 8.31. The summed E-state index contributed by atoms with van der Waals surface area (Å²) in [6, 6.07) is 22.5. The number of benzene rings is 3. The summed E-state index contributed by atoms with van der Waals surface area (Å²) in [5.41, 5.74) is 4.07. The van der Waals surface area contributed by atoms with Crippen LogP contribution in [0, 0.1) is 6.92 Å². The summed E-state index contributed by atoms with van der Waals surface area (Å²) in [5.74, 6) is 0.238. The fourth-order valence-electron chi connectivity index (χ4n) is 3.27. The van der Waals surface area contributed by atoms with Crippen molar-refractivity contribution in [3.05, 3.63) is 94.5 Å². The van der Waals surface area contributed by atoms with Gasteiger partial charge in [0.05, 0.1) is 16.3 Å². The molecule has 1 heterocycles. The van der Waals surface area contributed by atoms with Crippen LogP contribution in [0.3, 0.4) is 0 Å². The fraction of sp³-hybridized carbons (Fsp3) is 0.130. The number of aryl methyl sites for hydroxylation is 1. The first-order valence-electron chi connectivity index (χ1n) is 9.19. The van der Waals surface area contributed by atoms with Crippen molar-refractivity contribution in [1.29, 1.82) is 0 Å². The first kappa shape index (κ1) is 19.6. The van der Waals surface area contributed by atoms with E-state index in [1.807, 2.05) is 60.4 Å². The van der Waals surface area contributed by atoms with Crippen LogP contribution in [-0.4, -0.2) is 17.6 Å². The summed E-state index contributed by atoms with van der Waals surface area (Å²) < 4.78 is 0. The van der Waals surface area contributed by atoms with Gasteiger partial charge in [-0.15, -0.1) is 11.8 Å². The van der Waals surface area contributed by atoms with E-state index in [1.54, 1.807) is 36.0 Å². The van der Waals surface area contributed by atoms with Crippen LogP contribution in [0.15, 0.2) is 72.8 Å². The van der Waals surface area contributed by atoms with Gasteiger partial charge in [-0.05, 0) is 48.9 Å². The van der Waals surface area contributed by atoms with Gasteiger partial charge in [-0.3, -0.25) is 14.5 Å². The minimum absolute atomic E-state index is 0.0781. The zero-order chi connectivity index (χ0) is 20.4. The zero-order valence-corrected chi connectivity index (χ0v) is 17.3. The van der Waals surface area contributed by atoms with Gasteiger partial charge in [-0.25, -0.2) is 0 Å². The van der Waals surface area contributed by atoms with Gasteiger partial charge >= 0.3 is 0 Å². The number of nitrogens with zero attached hydrogens (tertiary/aromatic N) is 1. The van der Waals surface area contributed by atoms with Crippen molar-refractivity contribution in [1.82, 2.24) is 0 Å². The molecule has 4 nitrogen and oxygen atoms in total. The molecule has 3 aromatic carbocycles. The second-order valence-corrected chi connectivity index (χ2v) is 8.30. The topological polar surface area (TPSA) is 49.4 Å². The van der Waals surface area contributed by atoms with Crippen molar-refractivity contribution >= 4 is 46.6 Å². The monoisotopic (exact) mass is 422 g/mol. The number of amides is 2. The molecule has 1 aliphatic heterocycles. The molecule has 146 valence electrons. The molecule has 0 radical (unpaired) electrons. The van der Waals surface area contributed by atoms with E-state index in [-0.39, 0.29) is 17.2 Å². The van der Waals surface area contributed by atoms with Gasteiger partial charge in [-0.2, -0.15) is 0 Å². The lowest BCUT2D eigenvalue weighted by molar-refractivity contribution is -0.115. The van der Waals surface area contributed by atoms with E-state index >= 15 is 0 Å². The van der Waals surface area contributed by atoms with Gasteiger partial charge in [0.15, 0.2) is 0 Å². The largest absolute Gasteiger partial charge is 0.322 e. The summed E-state index contributed by atoms with van der Waals surface area (Å²) in [4.78, 5) is 26.9. The smallest absolute Gasteiger partial charge is 0.257 e. The molecule has 2 amide bonds. The van der Waals surface area contributed by atoms with Crippen LogP contribution in [0.1, 0.15) is 26.9 Å². The molecule has 0 spiro atoms. The van der Waals surface area contributed by atoms with Gasteiger partial charge in [-0.1, -0.05) is 53.6 Å². The minimum atomic E-state index is -0.265. The third kappa shape index (κ3) is 4.16. The number of nitrogens with one attached hydrogen (secondary N) is 1. The van der Waals surface area contributed by atoms with Crippen LogP contribution in [0.5, 0.6) is 0 Å². The molecule has 0 aromatic heterocycles. The quantitative estimate of drug-likeness (QED) is 0.588. The second-order valence-electron chi connectivity index (χ2n) is 6.82. The first-order chi connectivity index (χ1) is 14.0. The van der Waals surface area contributed by atoms with E-state index in [2.05, 4.69) is 5.32 Å². The Morgan fingerprint density at radius 2 is 1.83 bits per heavy atom. The molecule has 0 saturated carbocycles. The summed E-state index contributed by atoms with van der Waals surface area (Å²) >= 11 is 7.71. The van der Waals surface area contributed by atoms with Gasteiger partial charge in [0.1, 0.15) is 5.37 Å². The first-order valence-corrected chi connectivity index (χ1v) is 10.6. The predicted molar refractivity (Wildman–Crippen MR) is 120 cm³/mol. The maximum atomic E-state index is 12.6. The summed E-state index contributed by atoms with van der Waals surface area (Å²) in [6.45, 7) is 2.02. The predicted octanol–water partition coefficient (Wildman–Crippen LogP) is 5.68. The van der Waals surface area contributed by atoms with E-state index in [0.29, 0.717) is 22.0 Å². The molecule has 3 aromatic rings. The van der Waals surface area contributed by atoms with Crippen LogP contribution in [0.4, 0.5) is 11.4 Å². The minimum Gasteiger partial charge on any atom is -0.322 e. The van der Waals surface area contributed by atoms with Crippen LogP contribution >= 0.6 is 23.4 Å². The molecule has 29 heavy (non-hydrogen) atoms. The Bertz CT molecular complexity index is 1070. The van der Waals surface area contributed by atoms with Crippen molar-refractivity contribution in [2.24, 2.45) is 0 Å². The van der Waals surface area contributed by atoms with E-state index < -0.39 is 0 Å². The summed E-state index contributed by atoms with van der Waals surface area (Å²) in [5, 5.41) is 3.17. The molecule has 1 N–H and O–H groups in total. The molecule has 0 aliphatic carbocycles. The zero-order valence-electron chi connectivity index (χ0n) is 15.8. The maximum absolute atomic E-state index is 12.6. The fourth-order valence-corrected chi connectivity index (χ4v) is 4.66. The van der Waals surface area contributed by atoms with Crippen molar-refractivity contribution < 1.29 is 9.59 Å². The van der Waals surface area contributed by atoms with Crippen LogP contribution in [0.25, 0.3) is 0 Å². The van der Waals surface area contributed by atoms with Gasteiger partial charge in [0.25, 0.3) is 5.91 Å². The Hall–Kier alpha value is -2.76. The third-order valence-electron chi connectivity index (χ3n) is 4.73. The molecular weight excluding hydrogens is 404 g/mol. The summed E-state index contributed by atoms with van der Waals surface area (Å²) in [7, 11) is 0. The van der Waals surface area contributed by atoms with Crippen LogP contribution in [-0.2, 0) is 4.79 Å². The number of thioether (sulfide) groups is 1. The maximum Gasteiger partial charge on any atom is 0.257 e. The number of carbonyl (C=O) groups excluding carboxylic acids is 2. The van der Waals surface area contributed by atoms with E-state index in [4.69, 9.17) is 11.6 Å². The summed E-state index contributed by atoms with van der Waals surface area (Å²) in [6.07, 6.45) is 0. The average Bonchev–Trinajstić information content (AvgIpc) is 3.10. The van der Waals surface area contributed by atoms with Crippen molar-refractivity contribution in [3.63, 3.8) is 0 Å². The van der Waals surface area contributed by atoms with Gasteiger partial charge in [0, 0.05) is 11.4 Å². The Labute approximate surface area is 178 Å². The molecule has 4 rings (SSSR count). The SMILES string of the molecule is Cc1ccc(N2C(=O)CS[C@@H]2c2cccc(NC(=O)c3ccccc3Cl)c2)cc1. The average molecular weight is 423 g/mol. The van der Waals surface area contributed by atoms with Crippen molar-refractivity contribution in [2.45, 2.75) is 12.3 Å². The van der Waals surface area contributed by atoms with Crippen LogP contribution in [0.2, 0.25) is 5.02 Å². The lowest BCUT2D eigenvalue weighted by Gasteiger charge is -2.25. The Balaban J connectivity index is 1.59. The molecule has 1 aliphatic rings. The lowest BCUT2D eigenvalue weighted by atomic mass is 10.1. The molecule has 1 atom stereocenters. The number of hydrogen-bond acceptors (Lipinski definition) is 3. The molecule has 0 unspecified atom stereocenters.